The molecular formula is C25H42. The molecule has 3 saturated carbocycles. The van der Waals surface area contributed by atoms with Gasteiger partial charge in [-0.25, -0.2) is 0 Å². The summed E-state index contributed by atoms with van der Waals surface area (Å²) in [6.45, 7) is 15.1. The molecule has 0 bridgehead atoms. The van der Waals surface area contributed by atoms with E-state index < -0.39 is 0 Å². The number of fused-ring (bicyclic) bond motifs is 5. The van der Waals surface area contributed by atoms with E-state index in [0.717, 1.165) is 29.6 Å². The Morgan fingerprint density at radius 1 is 1.00 bits per heavy atom. The molecule has 6 unspecified atom stereocenters. The third-order valence-corrected chi connectivity index (χ3v) is 9.58. The van der Waals surface area contributed by atoms with E-state index in [0.29, 0.717) is 16.2 Å². The zero-order valence-corrected chi connectivity index (χ0v) is 17.8. The molecule has 0 saturated heterocycles. The summed E-state index contributed by atoms with van der Waals surface area (Å²) in [6, 6.07) is 0. The summed E-state index contributed by atoms with van der Waals surface area (Å²) >= 11 is 0. The first-order valence-electron chi connectivity index (χ1n) is 11.3. The molecule has 0 aromatic rings. The molecule has 0 spiro atoms. The lowest BCUT2D eigenvalue weighted by Crippen LogP contribution is -2.49. The highest BCUT2D eigenvalue weighted by molar-refractivity contribution is 5.25. The Kier molecular flexibility index (Phi) is 4.25. The smallest absolute Gasteiger partial charge is 0.00851 e. The van der Waals surface area contributed by atoms with Crippen LogP contribution in [0.15, 0.2) is 11.6 Å². The van der Waals surface area contributed by atoms with Crippen molar-refractivity contribution in [1.29, 1.82) is 0 Å². The molecule has 0 aliphatic heterocycles. The Labute approximate surface area is 157 Å². The Morgan fingerprint density at radius 3 is 2.48 bits per heavy atom. The van der Waals surface area contributed by atoms with Crippen LogP contribution in [0.4, 0.5) is 0 Å². The quantitative estimate of drug-likeness (QED) is 0.429. The van der Waals surface area contributed by atoms with Crippen molar-refractivity contribution >= 4 is 0 Å². The first-order valence-corrected chi connectivity index (χ1v) is 11.3. The van der Waals surface area contributed by atoms with Crippen LogP contribution in [0, 0.1) is 45.8 Å². The maximum Gasteiger partial charge on any atom is -0.00851 e. The first-order chi connectivity index (χ1) is 11.6. The van der Waals surface area contributed by atoms with Gasteiger partial charge in [-0.1, -0.05) is 53.2 Å². The highest BCUT2D eigenvalue weighted by atomic mass is 14.6. The largest absolute Gasteiger partial charge is 0.0845 e. The van der Waals surface area contributed by atoms with Gasteiger partial charge in [0.2, 0.25) is 0 Å². The van der Waals surface area contributed by atoms with Crippen LogP contribution in [0.3, 0.4) is 0 Å². The fourth-order valence-electron chi connectivity index (χ4n) is 8.04. The number of rotatable bonds is 1. The van der Waals surface area contributed by atoms with Gasteiger partial charge in [-0.15, -0.1) is 0 Å². The van der Waals surface area contributed by atoms with Crippen LogP contribution < -0.4 is 0 Å². The lowest BCUT2D eigenvalue weighted by Gasteiger charge is -2.58. The van der Waals surface area contributed by atoms with Crippen LogP contribution >= 0.6 is 0 Å². The average molecular weight is 343 g/mol. The topological polar surface area (TPSA) is 0 Å². The van der Waals surface area contributed by atoms with E-state index in [1.165, 1.54) is 57.8 Å². The molecule has 25 heavy (non-hydrogen) atoms. The average Bonchev–Trinajstić information content (AvgIpc) is 2.82. The molecule has 0 amide bonds. The van der Waals surface area contributed by atoms with E-state index in [4.69, 9.17) is 0 Å². The van der Waals surface area contributed by atoms with Crippen LogP contribution in [0.5, 0.6) is 0 Å². The van der Waals surface area contributed by atoms with Crippen LogP contribution in [0.25, 0.3) is 0 Å². The van der Waals surface area contributed by atoms with E-state index in [-0.39, 0.29) is 0 Å². The van der Waals surface area contributed by atoms with Crippen molar-refractivity contribution < 1.29 is 0 Å². The van der Waals surface area contributed by atoms with Gasteiger partial charge in [0.05, 0.1) is 0 Å². The molecule has 0 heterocycles. The van der Waals surface area contributed by atoms with Crippen molar-refractivity contribution in [3.63, 3.8) is 0 Å². The van der Waals surface area contributed by atoms with Gasteiger partial charge in [-0.3, -0.25) is 0 Å². The summed E-state index contributed by atoms with van der Waals surface area (Å²) in [5.41, 5.74) is 3.57. The molecule has 0 N–H and O–H groups in total. The number of hydrogen-bond acceptors (Lipinski definition) is 0. The normalized spacial score (nSPS) is 49.8. The third-order valence-electron chi connectivity index (χ3n) is 9.58. The van der Waals surface area contributed by atoms with E-state index in [9.17, 15) is 0 Å². The molecule has 3 fully saturated rings. The minimum atomic E-state index is 0.489. The molecule has 7 atom stereocenters. The third kappa shape index (κ3) is 2.85. The standard InChI is InChI=1S/C25H42/c1-17-7-10-21-20-9-8-19-15-18(16-23(2,3)4)11-13-25(19,6)22(20)12-14-24(17,21)5/h8,17-18,20-22H,7,9-16H2,1-6H3/t17?,18-,20?,21?,22?,24?,25?/m0/s1. The molecule has 0 aromatic carbocycles. The monoisotopic (exact) mass is 342 g/mol. The van der Waals surface area contributed by atoms with Gasteiger partial charge in [0.25, 0.3) is 0 Å². The molecule has 0 heteroatoms. The van der Waals surface area contributed by atoms with Gasteiger partial charge < -0.3 is 0 Å². The second kappa shape index (κ2) is 5.87. The minimum absolute atomic E-state index is 0.489. The molecule has 142 valence electrons. The molecule has 0 aromatic heterocycles. The fourth-order valence-corrected chi connectivity index (χ4v) is 8.04. The van der Waals surface area contributed by atoms with E-state index in [1.807, 2.05) is 5.57 Å². The van der Waals surface area contributed by atoms with Crippen molar-refractivity contribution in [1.82, 2.24) is 0 Å². The SMILES string of the molecule is CC1CCC2C3CC=C4C[C@@H](CC(C)(C)C)CCC4(C)C3CCC12C. The molecule has 0 radical (unpaired) electrons. The van der Waals surface area contributed by atoms with Crippen LogP contribution in [-0.2, 0) is 0 Å². The zero-order chi connectivity index (χ0) is 18.0. The fraction of sp³-hybridized carbons (Fsp3) is 0.920. The highest BCUT2D eigenvalue weighted by Gasteiger charge is 2.57. The molecular weight excluding hydrogens is 300 g/mol. The van der Waals surface area contributed by atoms with Crippen molar-refractivity contribution in [3.8, 4) is 0 Å². The molecule has 4 aliphatic carbocycles. The molecule has 4 aliphatic rings. The molecule has 4 rings (SSSR count). The summed E-state index contributed by atoms with van der Waals surface area (Å²) in [5.74, 6) is 4.90. The van der Waals surface area contributed by atoms with Crippen molar-refractivity contribution in [3.05, 3.63) is 11.6 Å². The Bertz CT molecular complexity index is 549. The van der Waals surface area contributed by atoms with Gasteiger partial charge >= 0.3 is 0 Å². The Balaban J connectivity index is 1.56. The highest BCUT2D eigenvalue weighted by Crippen LogP contribution is 2.66. The summed E-state index contributed by atoms with van der Waals surface area (Å²) in [4.78, 5) is 0. The lowest BCUT2D eigenvalue weighted by molar-refractivity contribution is -0.0428. The van der Waals surface area contributed by atoms with Crippen molar-refractivity contribution in [2.75, 3.05) is 0 Å². The maximum absolute atomic E-state index is 2.75. The number of hydrogen-bond donors (Lipinski definition) is 0. The van der Waals surface area contributed by atoms with Crippen LogP contribution in [-0.4, -0.2) is 0 Å². The van der Waals surface area contributed by atoms with Crippen molar-refractivity contribution in [2.24, 2.45) is 45.8 Å². The van der Waals surface area contributed by atoms with Crippen molar-refractivity contribution in [2.45, 2.75) is 99.3 Å². The van der Waals surface area contributed by atoms with Gasteiger partial charge in [-0.05, 0) is 104 Å². The second-order valence-corrected chi connectivity index (χ2v) is 12.2. The Hall–Kier alpha value is -0.260. The van der Waals surface area contributed by atoms with Gasteiger partial charge in [0.1, 0.15) is 0 Å². The van der Waals surface area contributed by atoms with E-state index >= 15 is 0 Å². The maximum atomic E-state index is 2.75. The minimum Gasteiger partial charge on any atom is -0.0845 e. The summed E-state index contributed by atoms with van der Waals surface area (Å²) in [7, 11) is 0. The Morgan fingerprint density at radius 2 is 1.76 bits per heavy atom. The summed E-state index contributed by atoms with van der Waals surface area (Å²) in [5, 5.41) is 0. The zero-order valence-electron chi connectivity index (χ0n) is 17.8. The predicted octanol–water partition coefficient (Wildman–Crippen LogP) is 7.64. The van der Waals surface area contributed by atoms with Crippen LogP contribution in [0.2, 0.25) is 0 Å². The lowest BCUT2D eigenvalue weighted by atomic mass is 9.47. The number of allylic oxidation sites excluding steroid dienone is 2. The predicted molar refractivity (Wildman–Crippen MR) is 108 cm³/mol. The van der Waals surface area contributed by atoms with Gasteiger partial charge in [-0.2, -0.15) is 0 Å². The van der Waals surface area contributed by atoms with E-state index in [2.05, 4.69) is 47.6 Å². The first kappa shape index (κ1) is 18.1. The van der Waals surface area contributed by atoms with Crippen LogP contribution in [0.1, 0.15) is 99.3 Å². The molecule has 0 nitrogen and oxygen atoms in total. The summed E-state index contributed by atoms with van der Waals surface area (Å²) in [6.07, 6.45) is 16.0. The van der Waals surface area contributed by atoms with Gasteiger partial charge in [0.15, 0.2) is 0 Å². The summed E-state index contributed by atoms with van der Waals surface area (Å²) < 4.78 is 0. The second-order valence-electron chi connectivity index (χ2n) is 12.2. The van der Waals surface area contributed by atoms with E-state index in [1.54, 1.807) is 0 Å². The van der Waals surface area contributed by atoms with Gasteiger partial charge in [0, 0.05) is 0 Å².